The standard InChI is InChI=1S/C20H25N3OS2/c1-5-14-9-7-8-10-16(14)23-17(24)11-25-19-18-15(6-2)12(3)26-20(18)22-13(4)21-19/h7-10,12,15H,5-6,11H2,1-4H3,(H,23,24)/t12-,15+/m0/s1. The van der Waals surface area contributed by atoms with Crippen molar-refractivity contribution in [2.45, 2.75) is 61.8 Å². The number of thioether (sulfide) groups is 2. The Balaban J connectivity index is 1.73. The molecule has 1 aliphatic heterocycles. The van der Waals surface area contributed by atoms with Crippen LogP contribution in [0.2, 0.25) is 0 Å². The fraction of sp³-hybridized carbons (Fsp3) is 0.450. The molecular weight excluding hydrogens is 362 g/mol. The molecule has 0 radical (unpaired) electrons. The lowest BCUT2D eigenvalue weighted by atomic mass is 9.96. The number of aromatic nitrogens is 2. The minimum atomic E-state index is 0.00709. The number of benzene rings is 1. The van der Waals surface area contributed by atoms with Crippen molar-refractivity contribution in [1.82, 2.24) is 9.97 Å². The molecule has 0 bridgehead atoms. The Morgan fingerprint density at radius 1 is 1.27 bits per heavy atom. The molecule has 1 amide bonds. The Morgan fingerprint density at radius 3 is 2.77 bits per heavy atom. The highest BCUT2D eigenvalue weighted by Gasteiger charge is 2.33. The van der Waals surface area contributed by atoms with E-state index in [1.807, 2.05) is 43.0 Å². The number of nitrogens with zero attached hydrogens (tertiary/aromatic N) is 2. The van der Waals surface area contributed by atoms with E-state index < -0.39 is 0 Å². The predicted molar refractivity (Wildman–Crippen MR) is 110 cm³/mol. The van der Waals surface area contributed by atoms with Crippen molar-refractivity contribution >= 4 is 35.1 Å². The van der Waals surface area contributed by atoms with E-state index in [0.717, 1.165) is 40.0 Å². The van der Waals surface area contributed by atoms with E-state index >= 15 is 0 Å². The quantitative estimate of drug-likeness (QED) is 0.554. The first-order chi connectivity index (χ1) is 12.5. The normalized spacial score (nSPS) is 18.6. The van der Waals surface area contributed by atoms with Crippen LogP contribution < -0.4 is 5.32 Å². The molecule has 138 valence electrons. The number of hydrogen-bond acceptors (Lipinski definition) is 5. The summed E-state index contributed by atoms with van der Waals surface area (Å²) < 4.78 is 0. The number of aryl methyl sites for hydroxylation is 2. The molecule has 26 heavy (non-hydrogen) atoms. The summed E-state index contributed by atoms with van der Waals surface area (Å²) in [5, 5.41) is 5.61. The van der Waals surface area contributed by atoms with Gasteiger partial charge in [-0.05, 0) is 31.4 Å². The maximum absolute atomic E-state index is 12.5. The van der Waals surface area contributed by atoms with Gasteiger partial charge in [0.25, 0.3) is 0 Å². The number of hydrogen-bond donors (Lipinski definition) is 1. The molecule has 2 atom stereocenters. The lowest BCUT2D eigenvalue weighted by Crippen LogP contribution is -2.16. The molecule has 6 heteroatoms. The number of nitrogens with one attached hydrogen (secondary N) is 1. The van der Waals surface area contributed by atoms with Crippen molar-refractivity contribution in [3.05, 3.63) is 41.2 Å². The molecule has 0 fully saturated rings. The third kappa shape index (κ3) is 4.07. The summed E-state index contributed by atoms with van der Waals surface area (Å²) in [4.78, 5) is 21.7. The Morgan fingerprint density at radius 2 is 2.04 bits per heavy atom. The molecule has 3 rings (SSSR count). The van der Waals surface area contributed by atoms with Gasteiger partial charge >= 0.3 is 0 Å². The fourth-order valence-corrected chi connectivity index (χ4v) is 5.76. The zero-order valence-electron chi connectivity index (χ0n) is 15.7. The van der Waals surface area contributed by atoms with Gasteiger partial charge in [0.2, 0.25) is 5.91 Å². The Labute approximate surface area is 164 Å². The van der Waals surface area contributed by atoms with Crippen LogP contribution >= 0.6 is 23.5 Å². The molecule has 1 N–H and O–H groups in total. The first kappa shape index (κ1) is 19.2. The smallest absolute Gasteiger partial charge is 0.234 e. The second-order valence-corrected chi connectivity index (χ2v) is 8.81. The summed E-state index contributed by atoms with van der Waals surface area (Å²) in [5.41, 5.74) is 3.29. The number of rotatable bonds is 6. The summed E-state index contributed by atoms with van der Waals surface area (Å²) in [5.74, 6) is 1.60. The topological polar surface area (TPSA) is 54.9 Å². The summed E-state index contributed by atoms with van der Waals surface area (Å²) in [7, 11) is 0. The van der Waals surface area contributed by atoms with Crippen LogP contribution in [0, 0.1) is 6.92 Å². The van der Waals surface area contributed by atoms with E-state index in [4.69, 9.17) is 0 Å². The first-order valence-corrected chi connectivity index (χ1v) is 11.0. The van der Waals surface area contributed by atoms with Gasteiger partial charge in [-0.1, -0.05) is 50.7 Å². The molecule has 0 unspecified atom stereocenters. The molecular formula is C20H25N3OS2. The van der Waals surface area contributed by atoms with Crippen molar-refractivity contribution in [3.63, 3.8) is 0 Å². The van der Waals surface area contributed by atoms with Crippen molar-refractivity contribution in [2.75, 3.05) is 11.1 Å². The van der Waals surface area contributed by atoms with Gasteiger partial charge in [-0.25, -0.2) is 9.97 Å². The maximum atomic E-state index is 12.5. The van der Waals surface area contributed by atoms with Crippen LogP contribution in [0.4, 0.5) is 5.69 Å². The molecule has 0 aliphatic carbocycles. The van der Waals surface area contributed by atoms with Crippen LogP contribution in [0.25, 0.3) is 0 Å². The largest absolute Gasteiger partial charge is 0.325 e. The predicted octanol–water partition coefficient (Wildman–Crippen LogP) is 5.07. The van der Waals surface area contributed by atoms with Crippen LogP contribution in [0.5, 0.6) is 0 Å². The zero-order valence-corrected chi connectivity index (χ0v) is 17.3. The van der Waals surface area contributed by atoms with Gasteiger partial charge in [0.05, 0.1) is 5.75 Å². The van der Waals surface area contributed by atoms with Gasteiger partial charge < -0.3 is 5.32 Å². The van der Waals surface area contributed by atoms with E-state index in [2.05, 4.69) is 36.1 Å². The Hall–Kier alpha value is -1.53. The third-order valence-electron chi connectivity index (χ3n) is 4.67. The number of anilines is 1. The molecule has 2 heterocycles. The van der Waals surface area contributed by atoms with E-state index in [9.17, 15) is 4.79 Å². The second-order valence-electron chi connectivity index (χ2n) is 6.48. The zero-order chi connectivity index (χ0) is 18.7. The lowest BCUT2D eigenvalue weighted by molar-refractivity contribution is -0.113. The summed E-state index contributed by atoms with van der Waals surface area (Å²) >= 11 is 3.35. The van der Waals surface area contributed by atoms with Crippen LogP contribution in [0.3, 0.4) is 0 Å². The fourth-order valence-electron chi connectivity index (χ4n) is 3.35. The Kier molecular flexibility index (Phi) is 6.24. The van der Waals surface area contributed by atoms with Gasteiger partial charge in [0.15, 0.2) is 0 Å². The van der Waals surface area contributed by atoms with Gasteiger partial charge in [0, 0.05) is 22.4 Å². The number of carbonyl (C=O) groups is 1. The van der Waals surface area contributed by atoms with E-state index in [-0.39, 0.29) is 5.91 Å². The Bertz CT molecular complexity index is 810. The van der Waals surface area contributed by atoms with Crippen LogP contribution in [0.15, 0.2) is 34.3 Å². The van der Waals surface area contributed by atoms with Crippen LogP contribution in [-0.4, -0.2) is 26.9 Å². The van der Waals surface area contributed by atoms with Crippen molar-refractivity contribution in [2.24, 2.45) is 0 Å². The number of amides is 1. The highest BCUT2D eigenvalue weighted by molar-refractivity contribution is 8.01. The molecule has 1 aliphatic rings. The van der Waals surface area contributed by atoms with Crippen LogP contribution in [0.1, 0.15) is 50.1 Å². The molecule has 1 aromatic heterocycles. The third-order valence-corrected chi connectivity index (χ3v) is 6.90. The number of carbonyl (C=O) groups excluding carboxylic acids is 1. The summed E-state index contributed by atoms with van der Waals surface area (Å²) in [6.45, 7) is 8.47. The van der Waals surface area contributed by atoms with Crippen LogP contribution in [-0.2, 0) is 11.2 Å². The minimum absolute atomic E-state index is 0.00709. The SMILES string of the molecule is CCc1ccccc1NC(=O)CSc1nc(C)nc2c1[C@H](CC)[C@H](C)S2. The van der Waals surface area contributed by atoms with Crippen molar-refractivity contribution < 1.29 is 4.79 Å². The van der Waals surface area contributed by atoms with E-state index in [1.54, 1.807) is 0 Å². The van der Waals surface area contributed by atoms with E-state index in [0.29, 0.717) is 16.9 Å². The average molecular weight is 388 g/mol. The van der Waals surface area contributed by atoms with Gasteiger partial charge in [0.1, 0.15) is 15.9 Å². The van der Waals surface area contributed by atoms with Crippen molar-refractivity contribution in [3.8, 4) is 0 Å². The van der Waals surface area contributed by atoms with E-state index in [1.165, 1.54) is 17.3 Å². The lowest BCUT2D eigenvalue weighted by Gasteiger charge is -2.15. The highest BCUT2D eigenvalue weighted by Crippen LogP contribution is 2.48. The monoisotopic (exact) mass is 387 g/mol. The maximum Gasteiger partial charge on any atom is 0.234 e. The number of fused-ring (bicyclic) bond motifs is 1. The van der Waals surface area contributed by atoms with Gasteiger partial charge in [-0.15, -0.1) is 11.8 Å². The molecule has 0 saturated carbocycles. The average Bonchev–Trinajstić information content (AvgIpc) is 2.94. The second kappa shape index (κ2) is 8.44. The van der Waals surface area contributed by atoms with Crippen molar-refractivity contribution in [1.29, 1.82) is 0 Å². The molecule has 0 saturated heterocycles. The molecule has 4 nitrogen and oxygen atoms in total. The minimum Gasteiger partial charge on any atom is -0.325 e. The summed E-state index contributed by atoms with van der Waals surface area (Å²) in [6, 6.07) is 7.96. The molecule has 1 aromatic carbocycles. The molecule has 0 spiro atoms. The summed E-state index contributed by atoms with van der Waals surface area (Å²) in [6.07, 6.45) is 1.97. The van der Waals surface area contributed by atoms with Gasteiger partial charge in [-0.2, -0.15) is 0 Å². The first-order valence-electron chi connectivity index (χ1n) is 9.09. The van der Waals surface area contributed by atoms with Gasteiger partial charge in [-0.3, -0.25) is 4.79 Å². The molecule has 2 aromatic rings. The number of para-hydroxylation sites is 1. The highest BCUT2D eigenvalue weighted by atomic mass is 32.2.